The van der Waals surface area contributed by atoms with E-state index in [4.69, 9.17) is 0 Å². The van der Waals surface area contributed by atoms with Gasteiger partial charge in [0.05, 0.1) is 11.9 Å². The van der Waals surface area contributed by atoms with Crippen LogP contribution in [-0.4, -0.2) is 23.1 Å². The number of aromatic nitrogens is 2. The van der Waals surface area contributed by atoms with Crippen LogP contribution in [0.4, 0.5) is 8.78 Å². The Kier molecular flexibility index (Phi) is 3.78. The summed E-state index contributed by atoms with van der Waals surface area (Å²) < 4.78 is 27.0. The van der Waals surface area contributed by atoms with Crippen molar-refractivity contribution in [3.63, 3.8) is 0 Å². The number of aromatic amines is 1. The van der Waals surface area contributed by atoms with Crippen LogP contribution in [0.1, 0.15) is 18.7 Å². The normalized spacial score (nSPS) is 16.5. The number of rotatable bonds is 3. The molecule has 0 saturated carbocycles. The fourth-order valence-corrected chi connectivity index (χ4v) is 2.67. The molecule has 3 rings (SSSR count). The molecule has 2 aromatic rings. The minimum atomic E-state index is -0.836. The van der Waals surface area contributed by atoms with Gasteiger partial charge in [-0.05, 0) is 44.0 Å². The molecule has 0 aliphatic carbocycles. The molecule has 2 N–H and O–H groups in total. The number of hydrogen-bond acceptors (Lipinski definition) is 2. The van der Waals surface area contributed by atoms with Crippen LogP contribution in [0, 0.1) is 17.6 Å². The van der Waals surface area contributed by atoms with Gasteiger partial charge in [-0.1, -0.05) is 6.07 Å². The van der Waals surface area contributed by atoms with Gasteiger partial charge in [-0.3, -0.25) is 0 Å². The highest BCUT2D eigenvalue weighted by molar-refractivity contribution is 5.59. The third-order valence-electron chi connectivity index (χ3n) is 3.81. The van der Waals surface area contributed by atoms with E-state index in [2.05, 4.69) is 15.3 Å². The highest BCUT2D eigenvalue weighted by atomic mass is 19.2. The van der Waals surface area contributed by atoms with Crippen LogP contribution < -0.4 is 5.32 Å². The maximum Gasteiger partial charge on any atom is 0.168 e. The van der Waals surface area contributed by atoms with Crippen molar-refractivity contribution < 1.29 is 8.78 Å². The molecule has 0 bridgehead atoms. The Bertz CT molecular complexity index is 589. The summed E-state index contributed by atoms with van der Waals surface area (Å²) in [5, 5.41) is 3.32. The molecule has 0 unspecified atom stereocenters. The highest BCUT2D eigenvalue weighted by Gasteiger charge is 2.16. The van der Waals surface area contributed by atoms with Crippen LogP contribution in [-0.2, 0) is 6.42 Å². The summed E-state index contributed by atoms with van der Waals surface area (Å²) in [5.41, 5.74) is 0.764. The number of halogens is 2. The molecule has 5 heteroatoms. The Balaban J connectivity index is 1.77. The number of nitrogens with zero attached hydrogens (tertiary/aromatic N) is 1. The molecule has 1 aromatic heterocycles. The molecule has 1 aromatic carbocycles. The zero-order valence-electron chi connectivity index (χ0n) is 11.1. The summed E-state index contributed by atoms with van der Waals surface area (Å²) in [6.45, 7) is 2.08. The van der Waals surface area contributed by atoms with E-state index in [1.165, 1.54) is 6.07 Å². The standard InChI is InChI=1S/C15H17F2N3/c16-12-3-1-2-11(15(12)17)13-9-19-14(20-13)8-10-4-6-18-7-5-10/h1-3,9-10,18H,4-8H2,(H,19,20). The third kappa shape index (κ3) is 2.72. The molecular weight excluding hydrogens is 260 g/mol. The molecule has 1 fully saturated rings. The largest absolute Gasteiger partial charge is 0.342 e. The molecule has 1 aliphatic rings. The van der Waals surface area contributed by atoms with Gasteiger partial charge in [-0.25, -0.2) is 13.8 Å². The van der Waals surface area contributed by atoms with E-state index in [9.17, 15) is 8.78 Å². The molecule has 3 nitrogen and oxygen atoms in total. The monoisotopic (exact) mass is 277 g/mol. The van der Waals surface area contributed by atoms with Crippen LogP contribution in [0.15, 0.2) is 24.4 Å². The van der Waals surface area contributed by atoms with Crippen LogP contribution in [0.2, 0.25) is 0 Å². The molecule has 1 saturated heterocycles. The minimum Gasteiger partial charge on any atom is -0.342 e. The number of imidazole rings is 1. The van der Waals surface area contributed by atoms with Crippen LogP contribution >= 0.6 is 0 Å². The second-order valence-electron chi connectivity index (χ2n) is 5.24. The lowest BCUT2D eigenvalue weighted by Crippen LogP contribution is -2.28. The van der Waals surface area contributed by atoms with Crippen molar-refractivity contribution in [1.82, 2.24) is 15.3 Å². The van der Waals surface area contributed by atoms with E-state index < -0.39 is 11.6 Å². The van der Waals surface area contributed by atoms with Gasteiger partial charge in [-0.15, -0.1) is 0 Å². The maximum absolute atomic E-state index is 13.7. The molecule has 0 amide bonds. The quantitative estimate of drug-likeness (QED) is 0.905. The smallest absolute Gasteiger partial charge is 0.168 e. The lowest BCUT2D eigenvalue weighted by Gasteiger charge is -2.21. The van der Waals surface area contributed by atoms with Gasteiger partial charge in [-0.2, -0.15) is 0 Å². The maximum atomic E-state index is 13.7. The predicted octanol–water partition coefficient (Wildman–Crippen LogP) is 2.90. The van der Waals surface area contributed by atoms with Crippen molar-refractivity contribution >= 4 is 0 Å². The summed E-state index contributed by atoms with van der Waals surface area (Å²) in [6, 6.07) is 4.17. The van der Waals surface area contributed by atoms with Crippen molar-refractivity contribution in [2.45, 2.75) is 19.3 Å². The lowest BCUT2D eigenvalue weighted by molar-refractivity contribution is 0.368. The Hall–Kier alpha value is -1.75. The fourth-order valence-electron chi connectivity index (χ4n) is 2.67. The zero-order chi connectivity index (χ0) is 13.9. The Morgan fingerprint density at radius 2 is 2.00 bits per heavy atom. The first-order valence-corrected chi connectivity index (χ1v) is 6.93. The first kappa shape index (κ1) is 13.2. The Morgan fingerprint density at radius 3 is 2.80 bits per heavy atom. The number of piperidine rings is 1. The molecule has 0 atom stereocenters. The van der Waals surface area contributed by atoms with E-state index in [1.807, 2.05) is 0 Å². The van der Waals surface area contributed by atoms with Gasteiger partial charge in [0.15, 0.2) is 11.6 Å². The van der Waals surface area contributed by atoms with E-state index >= 15 is 0 Å². The Morgan fingerprint density at radius 1 is 1.20 bits per heavy atom. The van der Waals surface area contributed by atoms with E-state index in [-0.39, 0.29) is 5.56 Å². The van der Waals surface area contributed by atoms with Crippen molar-refractivity contribution in [3.8, 4) is 11.3 Å². The molecular formula is C15H17F2N3. The van der Waals surface area contributed by atoms with Crippen LogP contribution in [0.5, 0.6) is 0 Å². The third-order valence-corrected chi connectivity index (χ3v) is 3.81. The summed E-state index contributed by atoms with van der Waals surface area (Å²) in [5.74, 6) is -0.218. The first-order valence-electron chi connectivity index (χ1n) is 6.93. The average molecular weight is 277 g/mol. The highest BCUT2D eigenvalue weighted by Crippen LogP contribution is 2.24. The summed E-state index contributed by atoms with van der Waals surface area (Å²) >= 11 is 0. The van der Waals surface area contributed by atoms with Gasteiger partial charge in [0.2, 0.25) is 0 Å². The summed E-state index contributed by atoms with van der Waals surface area (Å²) in [7, 11) is 0. The molecule has 20 heavy (non-hydrogen) atoms. The summed E-state index contributed by atoms with van der Waals surface area (Å²) in [6.07, 6.45) is 4.70. The van der Waals surface area contributed by atoms with Gasteiger partial charge in [0, 0.05) is 12.0 Å². The van der Waals surface area contributed by atoms with Gasteiger partial charge >= 0.3 is 0 Å². The number of hydrogen-bond donors (Lipinski definition) is 2. The first-order chi connectivity index (χ1) is 9.74. The number of benzene rings is 1. The van der Waals surface area contributed by atoms with E-state index in [1.54, 1.807) is 12.3 Å². The van der Waals surface area contributed by atoms with Gasteiger partial charge < -0.3 is 10.3 Å². The predicted molar refractivity (Wildman–Crippen MR) is 73.2 cm³/mol. The molecule has 2 heterocycles. The van der Waals surface area contributed by atoms with Crippen LogP contribution in [0.25, 0.3) is 11.3 Å². The SMILES string of the molecule is Fc1cccc(-c2cnc(CC3CCNCC3)[nH]2)c1F. The lowest BCUT2D eigenvalue weighted by atomic mass is 9.94. The van der Waals surface area contributed by atoms with E-state index in [0.717, 1.165) is 44.2 Å². The number of nitrogens with one attached hydrogen (secondary N) is 2. The van der Waals surface area contributed by atoms with E-state index in [0.29, 0.717) is 11.6 Å². The average Bonchev–Trinajstić information content (AvgIpc) is 2.91. The second kappa shape index (κ2) is 5.71. The van der Waals surface area contributed by atoms with Gasteiger partial charge in [0.1, 0.15) is 5.82 Å². The summed E-state index contributed by atoms with van der Waals surface area (Å²) in [4.78, 5) is 7.40. The van der Waals surface area contributed by atoms with Crippen molar-refractivity contribution in [3.05, 3.63) is 41.9 Å². The molecule has 1 aliphatic heterocycles. The zero-order valence-corrected chi connectivity index (χ0v) is 11.1. The second-order valence-corrected chi connectivity index (χ2v) is 5.24. The Labute approximate surface area is 116 Å². The van der Waals surface area contributed by atoms with Crippen molar-refractivity contribution in [2.24, 2.45) is 5.92 Å². The fraction of sp³-hybridized carbons (Fsp3) is 0.400. The minimum absolute atomic E-state index is 0.231. The molecule has 106 valence electrons. The molecule has 0 radical (unpaired) electrons. The topological polar surface area (TPSA) is 40.7 Å². The van der Waals surface area contributed by atoms with Crippen LogP contribution in [0.3, 0.4) is 0 Å². The molecule has 0 spiro atoms. The number of H-pyrrole nitrogens is 1. The van der Waals surface area contributed by atoms with Crippen molar-refractivity contribution in [2.75, 3.05) is 13.1 Å². The van der Waals surface area contributed by atoms with Crippen molar-refractivity contribution in [1.29, 1.82) is 0 Å². The van der Waals surface area contributed by atoms with Gasteiger partial charge in [0.25, 0.3) is 0 Å².